The van der Waals surface area contributed by atoms with E-state index in [9.17, 15) is 14.9 Å². The third-order valence-corrected chi connectivity index (χ3v) is 3.77. The molecule has 9 heteroatoms. The molecule has 0 aliphatic rings. The van der Waals surface area contributed by atoms with Crippen molar-refractivity contribution in [2.75, 3.05) is 19.1 Å². The van der Waals surface area contributed by atoms with Crippen molar-refractivity contribution in [2.24, 2.45) is 0 Å². The number of hydrogen-bond acceptors (Lipinski definition) is 7. The minimum Gasteiger partial charge on any atom is -0.465 e. The average Bonchev–Trinajstić information content (AvgIpc) is 3.03. The van der Waals surface area contributed by atoms with Crippen LogP contribution in [-0.4, -0.2) is 39.6 Å². The maximum absolute atomic E-state index is 12.0. The topological polar surface area (TPSA) is 103 Å². The number of anilines is 1. The van der Waals surface area contributed by atoms with Gasteiger partial charge in [-0.25, -0.2) is 4.79 Å². The zero-order chi connectivity index (χ0) is 18.0. The Kier molecular flexibility index (Phi) is 4.29. The molecular weight excluding hydrogens is 326 g/mol. The number of methoxy groups -OCH3 is 1. The fourth-order valence-electron chi connectivity index (χ4n) is 2.54. The molecule has 0 amide bonds. The number of benzene rings is 1. The zero-order valence-corrected chi connectivity index (χ0v) is 13.6. The van der Waals surface area contributed by atoms with Crippen molar-refractivity contribution in [1.29, 1.82) is 0 Å². The van der Waals surface area contributed by atoms with Crippen molar-refractivity contribution in [2.45, 2.75) is 6.54 Å². The zero-order valence-electron chi connectivity index (χ0n) is 13.6. The van der Waals surface area contributed by atoms with Crippen LogP contribution in [0.25, 0.3) is 5.65 Å². The van der Waals surface area contributed by atoms with Crippen molar-refractivity contribution < 1.29 is 14.5 Å². The first-order chi connectivity index (χ1) is 12.0. The third kappa shape index (κ3) is 3.11. The van der Waals surface area contributed by atoms with E-state index >= 15 is 0 Å². The quantitative estimate of drug-likeness (QED) is 0.397. The summed E-state index contributed by atoms with van der Waals surface area (Å²) in [4.78, 5) is 24.2. The normalized spacial score (nSPS) is 10.6. The molecule has 1 aromatic carbocycles. The van der Waals surface area contributed by atoms with Crippen LogP contribution in [0, 0.1) is 10.1 Å². The van der Waals surface area contributed by atoms with Gasteiger partial charge in [0.1, 0.15) is 0 Å². The molecule has 0 unspecified atom stereocenters. The van der Waals surface area contributed by atoms with Crippen molar-refractivity contribution in [3.63, 3.8) is 0 Å². The largest absolute Gasteiger partial charge is 0.465 e. The minimum absolute atomic E-state index is 0.119. The van der Waals surface area contributed by atoms with Crippen LogP contribution in [0.1, 0.15) is 16.2 Å². The number of pyridine rings is 1. The van der Waals surface area contributed by atoms with E-state index in [-0.39, 0.29) is 11.3 Å². The van der Waals surface area contributed by atoms with E-state index < -0.39 is 10.9 Å². The second-order valence-electron chi connectivity index (χ2n) is 5.35. The molecule has 0 atom stereocenters. The lowest BCUT2D eigenvalue weighted by Crippen LogP contribution is -2.21. The summed E-state index contributed by atoms with van der Waals surface area (Å²) in [6, 6.07) is 9.64. The number of esters is 1. The van der Waals surface area contributed by atoms with Gasteiger partial charge >= 0.3 is 5.97 Å². The number of hydrogen-bond donors (Lipinski definition) is 0. The summed E-state index contributed by atoms with van der Waals surface area (Å²) in [5.74, 6) is 0.0314. The number of rotatable bonds is 5. The van der Waals surface area contributed by atoms with E-state index in [0.717, 1.165) is 0 Å². The van der Waals surface area contributed by atoms with Crippen molar-refractivity contribution >= 4 is 23.0 Å². The first-order valence-electron chi connectivity index (χ1n) is 7.38. The summed E-state index contributed by atoms with van der Waals surface area (Å²) in [7, 11) is 2.99. The molecule has 128 valence electrons. The number of fused-ring (bicyclic) bond motifs is 1. The van der Waals surface area contributed by atoms with Crippen molar-refractivity contribution in [1.82, 2.24) is 14.6 Å². The van der Waals surface area contributed by atoms with Crippen LogP contribution < -0.4 is 4.90 Å². The van der Waals surface area contributed by atoms with Crippen LogP contribution in [0.2, 0.25) is 0 Å². The number of carbonyl (C=O) groups excluding carboxylic acids is 1. The fraction of sp³-hybridized carbons (Fsp3) is 0.188. The second kappa shape index (κ2) is 6.56. The molecule has 3 rings (SSSR count). The lowest BCUT2D eigenvalue weighted by atomic mass is 10.1. The molecule has 2 heterocycles. The highest BCUT2D eigenvalue weighted by Gasteiger charge is 2.20. The SMILES string of the molecule is COC(=O)c1cc([N+](=O)[O-])ccc1N(C)Cc1nnc2ccccn12. The van der Waals surface area contributed by atoms with Gasteiger partial charge in [0.25, 0.3) is 5.69 Å². The van der Waals surface area contributed by atoms with E-state index in [2.05, 4.69) is 10.2 Å². The molecule has 0 saturated heterocycles. The first-order valence-corrected chi connectivity index (χ1v) is 7.38. The Morgan fingerprint density at radius 1 is 1.32 bits per heavy atom. The highest BCUT2D eigenvalue weighted by atomic mass is 16.6. The Labute approximate surface area is 142 Å². The Morgan fingerprint density at radius 3 is 2.84 bits per heavy atom. The lowest BCUT2D eigenvalue weighted by molar-refractivity contribution is -0.384. The Bertz CT molecular complexity index is 953. The van der Waals surface area contributed by atoms with Gasteiger partial charge in [0.05, 0.1) is 29.8 Å². The summed E-state index contributed by atoms with van der Waals surface area (Å²) >= 11 is 0. The van der Waals surface area contributed by atoms with Crippen molar-refractivity contribution in [3.8, 4) is 0 Å². The standard InChI is InChI=1S/C16H15N5O4/c1-19(10-15-18-17-14-5-3-4-8-20(14)15)13-7-6-11(21(23)24)9-12(13)16(22)25-2/h3-9H,10H2,1-2H3. The maximum atomic E-state index is 12.0. The first kappa shape index (κ1) is 16.4. The Balaban J connectivity index is 1.97. The van der Waals surface area contributed by atoms with Gasteiger partial charge in [-0.3, -0.25) is 14.5 Å². The third-order valence-electron chi connectivity index (χ3n) is 3.77. The van der Waals surface area contributed by atoms with Gasteiger partial charge in [-0.05, 0) is 18.2 Å². The average molecular weight is 341 g/mol. The van der Waals surface area contributed by atoms with E-state index in [4.69, 9.17) is 4.74 Å². The Hall–Kier alpha value is -3.49. The molecule has 0 spiro atoms. The summed E-state index contributed by atoms with van der Waals surface area (Å²) in [6.45, 7) is 0.354. The predicted octanol–water partition coefficient (Wildman–Crippen LogP) is 2.06. The molecule has 0 N–H and O–H groups in total. The molecule has 2 aromatic heterocycles. The molecule has 0 fully saturated rings. The van der Waals surface area contributed by atoms with Gasteiger partial charge in [0.15, 0.2) is 11.5 Å². The number of carbonyl (C=O) groups is 1. The van der Waals surface area contributed by atoms with E-state index in [1.807, 2.05) is 28.8 Å². The molecule has 0 aliphatic heterocycles. The van der Waals surface area contributed by atoms with Crippen molar-refractivity contribution in [3.05, 3.63) is 64.1 Å². The van der Waals surface area contributed by atoms with Crippen LogP contribution in [-0.2, 0) is 11.3 Å². The number of nitrogens with zero attached hydrogens (tertiary/aromatic N) is 5. The lowest BCUT2D eigenvalue weighted by Gasteiger charge is -2.20. The summed E-state index contributed by atoms with van der Waals surface area (Å²) in [6.07, 6.45) is 1.84. The molecule has 3 aromatic rings. The van der Waals surface area contributed by atoms with Gasteiger partial charge in [-0.2, -0.15) is 0 Å². The van der Waals surface area contributed by atoms with E-state index in [1.54, 1.807) is 11.9 Å². The number of aromatic nitrogens is 3. The molecule has 25 heavy (non-hydrogen) atoms. The number of non-ortho nitro benzene ring substituents is 1. The van der Waals surface area contributed by atoms with Gasteiger partial charge in [0.2, 0.25) is 0 Å². The second-order valence-corrected chi connectivity index (χ2v) is 5.35. The molecular formula is C16H15N5O4. The Morgan fingerprint density at radius 2 is 2.12 bits per heavy atom. The van der Waals surface area contributed by atoms with Gasteiger partial charge in [-0.1, -0.05) is 6.07 Å². The smallest absolute Gasteiger partial charge is 0.340 e. The van der Waals surface area contributed by atoms with E-state index in [0.29, 0.717) is 23.7 Å². The van der Waals surface area contributed by atoms with Gasteiger partial charge < -0.3 is 9.64 Å². The van der Waals surface area contributed by atoms with Crippen LogP contribution in [0.4, 0.5) is 11.4 Å². The van der Waals surface area contributed by atoms with Gasteiger partial charge in [0, 0.05) is 25.4 Å². The molecule has 0 bridgehead atoms. The number of nitro groups is 1. The summed E-state index contributed by atoms with van der Waals surface area (Å²) < 4.78 is 6.58. The molecule has 0 radical (unpaired) electrons. The molecule has 9 nitrogen and oxygen atoms in total. The van der Waals surface area contributed by atoms with Crippen LogP contribution in [0.15, 0.2) is 42.6 Å². The predicted molar refractivity (Wildman–Crippen MR) is 89.5 cm³/mol. The minimum atomic E-state index is -0.642. The van der Waals surface area contributed by atoms with Gasteiger partial charge in [-0.15, -0.1) is 10.2 Å². The number of nitro benzene ring substituents is 1. The summed E-state index contributed by atoms with van der Waals surface area (Å²) in [5.41, 5.74) is 1.16. The van der Waals surface area contributed by atoms with Crippen LogP contribution >= 0.6 is 0 Å². The highest BCUT2D eigenvalue weighted by Crippen LogP contribution is 2.26. The van der Waals surface area contributed by atoms with Crippen LogP contribution in [0.5, 0.6) is 0 Å². The molecule has 0 aliphatic carbocycles. The highest BCUT2D eigenvalue weighted by molar-refractivity contribution is 5.96. The summed E-state index contributed by atoms with van der Waals surface area (Å²) in [5, 5.41) is 19.2. The molecule has 0 saturated carbocycles. The maximum Gasteiger partial charge on any atom is 0.340 e. The number of ether oxygens (including phenoxy) is 1. The van der Waals surface area contributed by atoms with E-state index in [1.165, 1.54) is 25.3 Å². The fourth-order valence-corrected chi connectivity index (χ4v) is 2.54. The van der Waals surface area contributed by atoms with Crippen LogP contribution in [0.3, 0.4) is 0 Å². The monoisotopic (exact) mass is 341 g/mol.